The maximum atomic E-state index is 13.0. The molecular weight excluding hydrogens is 370 g/mol. The molecular formula is C21H27N5O3. The van der Waals surface area contributed by atoms with E-state index < -0.39 is 17.7 Å². The van der Waals surface area contributed by atoms with Gasteiger partial charge in [0, 0.05) is 51.4 Å². The number of hydrogen-bond donors (Lipinski definition) is 1. The average Bonchev–Trinajstić information content (AvgIpc) is 3.43. The molecule has 2 atom stereocenters. The third kappa shape index (κ3) is 3.62. The van der Waals surface area contributed by atoms with Crippen LogP contribution >= 0.6 is 0 Å². The van der Waals surface area contributed by atoms with E-state index in [9.17, 15) is 20.0 Å². The van der Waals surface area contributed by atoms with Crippen molar-refractivity contribution in [2.75, 3.05) is 50.7 Å². The second-order valence-electron chi connectivity index (χ2n) is 8.12. The van der Waals surface area contributed by atoms with Crippen molar-refractivity contribution in [1.82, 2.24) is 14.7 Å². The highest BCUT2D eigenvalue weighted by Gasteiger charge is 2.53. The van der Waals surface area contributed by atoms with Crippen molar-refractivity contribution in [3.8, 4) is 6.07 Å². The molecule has 0 radical (unpaired) electrons. The fraction of sp³-hybridized carbons (Fsp3) is 0.571. The van der Waals surface area contributed by atoms with Crippen LogP contribution in [0.4, 0.5) is 10.5 Å². The van der Waals surface area contributed by atoms with Gasteiger partial charge in [0.1, 0.15) is 11.6 Å². The van der Waals surface area contributed by atoms with E-state index in [1.54, 1.807) is 4.90 Å². The Morgan fingerprint density at radius 3 is 2.28 bits per heavy atom. The van der Waals surface area contributed by atoms with Gasteiger partial charge in [-0.05, 0) is 25.0 Å². The molecule has 3 aliphatic rings. The van der Waals surface area contributed by atoms with Gasteiger partial charge in [0.15, 0.2) is 0 Å². The first-order valence-corrected chi connectivity index (χ1v) is 10.3. The monoisotopic (exact) mass is 397 g/mol. The number of rotatable bonds is 3. The highest BCUT2D eigenvalue weighted by Crippen LogP contribution is 2.35. The second kappa shape index (κ2) is 7.91. The van der Waals surface area contributed by atoms with Gasteiger partial charge in [-0.25, -0.2) is 4.79 Å². The van der Waals surface area contributed by atoms with E-state index in [2.05, 4.69) is 28.0 Å². The molecule has 3 aliphatic heterocycles. The van der Waals surface area contributed by atoms with Crippen LogP contribution in [0.3, 0.4) is 0 Å². The molecule has 4 rings (SSSR count). The Bertz CT molecular complexity index is 796. The molecule has 2 amide bonds. The van der Waals surface area contributed by atoms with Gasteiger partial charge in [-0.1, -0.05) is 18.2 Å². The van der Waals surface area contributed by atoms with Crippen LogP contribution in [0.1, 0.15) is 19.3 Å². The van der Waals surface area contributed by atoms with E-state index in [1.807, 2.05) is 18.2 Å². The molecule has 154 valence electrons. The van der Waals surface area contributed by atoms with Crippen LogP contribution in [0.5, 0.6) is 0 Å². The maximum Gasteiger partial charge on any atom is 0.408 e. The van der Waals surface area contributed by atoms with Crippen molar-refractivity contribution in [2.45, 2.75) is 30.8 Å². The van der Waals surface area contributed by atoms with E-state index in [0.29, 0.717) is 26.2 Å². The van der Waals surface area contributed by atoms with Crippen LogP contribution in [0.25, 0.3) is 0 Å². The number of carboxylic acid groups (broad SMARTS) is 1. The molecule has 8 heteroatoms. The first-order valence-electron chi connectivity index (χ1n) is 10.3. The number of nitrogens with zero attached hydrogens (tertiary/aromatic N) is 5. The fourth-order valence-corrected chi connectivity index (χ4v) is 4.87. The lowest BCUT2D eigenvalue weighted by atomic mass is 9.94. The molecule has 8 nitrogen and oxygen atoms in total. The van der Waals surface area contributed by atoms with Gasteiger partial charge in [-0.2, -0.15) is 5.26 Å². The van der Waals surface area contributed by atoms with Crippen molar-refractivity contribution in [1.29, 1.82) is 5.26 Å². The molecule has 0 spiro atoms. The highest BCUT2D eigenvalue weighted by molar-refractivity contribution is 5.86. The average molecular weight is 397 g/mol. The zero-order valence-electron chi connectivity index (χ0n) is 16.5. The van der Waals surface area contributed by atoms with Gasteiger partial charge in [0.2, 0.25) is 5.91 Å². The van der Waals surface area contributed by atoms with Crippen LogP contribution in [-0.4, -0.2) is 89.2 Å². The largest absolute Gasteiger partial charge is 0.465 e. The lowest BCUT2D eigenvalue weighted by Crippen LogP contribution is -2.58. The van der Waals surface area contributed by atoms with Gasteiger partial charge in [-0.15, -0.1) is 0 Å². The van der Waals surface area contributed by atoms with Gasteiger partial charge >= 0.3 is 6.09 Å². The summed E-state index contributed by atoms with van der Waals surface area (Å²) in [5, 5.41) is 19.8. The lowest BCUT2D eigenvalue weighted by Gasteiger charge is -2.42. The quantitative estimate of drug-likeness (QED) is 0.830. The number of benzene rings is 1. The first-order chi connectivity index (χ1) is 14.0. The van der Waals surface area contributed by atoms with E-state index in [1.165, 1.54) is 4.90 Å². The summed E-state index contributed by atoms with van der Waals surface area (Å²) >= 11 is 0. The maximum absolute atomic E-state index is 13.0. The molecule has 3 saturated heterocycles. The molecule has 3 heterocycles. The third-order valence-electron chi connectivity index (χ3n) is 6.50. The highest BCUT2D eigenvalue weighted by atomic mass is 16.4. The fourth-order valence-electron chi connectivity index (χ4n) is 4.87. The zero-order chi connectivity index (χ0) is 20.4. The van der Waals surface area contributed by atoms with Crippen LogP contribution < -0.4 is 4.90 Å². The summed E-state index contributed by atoms with van der Waals surface area (Å²) in [5.41, 5.74) is 0.208. The minimum absolute atomic E-state index is 0.0639. The SMILES string of the molecule is N#CC1(N2CCN(c3ccccc3)CC2)C[C@@H](C(=O)N2CCCC2)N(C(=O)O)C1. The summed E-state index contributed by atoms with van der Waals surface area (Å²) in [7, 11) is 0. The summed E-state index contributed by atoms with van der Waals surface area (Å²) in [5.74, 6) is -0.148. The minimum Gasteiger partial charge on any atom is -0.465 e. The van der Waals surface area contributed by atoms with E-state index in [4.69, 9.17) is 0 Å². The number of para-hydroxylation sites is 1. The smallest absolute Gasteiger partial charge is 0.408 e. The molecule has 29 heavy (non-hydrogen) atoms. The summed E-state index contributed by atoms with van der Waals surface area (Å²) < 4.78 is 0. The molecule has 0 aromatic heterocycles. The van der Waals surface area contributed by atoms with Gasteiger partial charge < -0.3 is 14.9 Å². The third-order valence-corrected chi connectivity index (χ3v) is 6.50. The van der Waals surface area contributed by atoms with E-state index >= 15 is 0 Å². The minimum atomic E-state index is -1.12. The number of likely N-dealkylation sites (tertiary alicyclic amines) is 2. The van der Waals surface area contributed by atoms with Crippen molar-refractivity contribution >= 4 is 17.7 Å². The number of amides is 2. The molecule has 1 aromatic carbocycles. The Balaban J connectivity index is 1.49. The number of anilines is 1. The van der Waals surface area contributed by atoms with E-state index in [0.717, 1.165) is 31.6 Å². The van der Waals surface area contributed by atoms with Crippen molar-refractivity contribution in [2.24, 2.45) is 0 Å². The van der Waals surface area contributed by atoms with E-state index in [-0.39, 0.29) is 18.9 Å². The Hall–Kier alpha value is -2.79. The zero-order valence-corrected chi connectivity index (χ0v) is 16.5. The van der Waals surface area contributed by atoms with Crippen LogP contribution in [0.2, 0.25) is 0 Å². The molecule has 0 bridgehead atoms. The normalized spacial score (nSPS) is 27.8. The second-order valence-corrected chi connectivity index (χ2v) is 8.12. The van der Waals surface area contributed by atoms with Gasteiger partial charge in [-0.3, -0.25) is 14.6 Å². The predicted molar refractivity (Wildman–Crippen MR) is 108 cm³/mol. The van der Waals surface area contributed by atoms with Gasteiger partial charge in [0.25, 0.3) is 0 Å². The Kier molecular flexibility index (Phi) is 5.33. The molecule has 0 aliphatic carbocycles. The first kappa shape index (κ1) is 19.5. The topological polar surface area (TPSA) is 91.1 Å². The standard InChI is InChI=1S/C21H27N5O3/c22-15-21(25-12-10-23(11-13-25)17-6-2-1-3-7-17)14-18(26(16-21)20(28)29)19(27)24-8-4-5-9-24/h1-3,6-7,18H,4-5,8-14,16H2,(H,28,29)/t18-,21?/m0/s1. The summed E-state index contributed by atoms with van der Waals surface area (Å²) in [6, 6.07) is 11.8. The number of nitriles is 1. The summed E-state index contributed by atoms with van der Waals surface area (Å²) in [4.78, 5) is 32.1. The predicted octanol–water partition coefficient (Wildman–Crippen LogP) is 1.45. The number of carbonyl (C=O) groups is 2. The molecule has 1 N–H and O–H groups in total. The Morgan fingerprint density at radius 2 is 1.69 bits per heavy atom. The molecule has 0 saturated carbocycles. The van der Waals surface area contributed by atoms with Crippen LogP contribution in [0.15, 0.2) is 30.3 Å². The number of piperazine rings is 1. The van der Waals surface area contributed by atoms with Gasteiger partial charge in [0.05, 0.1) is 12.6 Å². The summed E-state index contributed by atoms with van der Waals surface area (Å²) in [6.07, 6.45) is 1.03. The van der Waals surface area contributed by atoms with Crippen LogP contribution in [-0.2, 0) is 4.79 Å². The molecule has 1 aromatic rings. The molecule has 1 unspecified atom stereocenters. The Morgan fingerprint density at radius 1 is 1.03 bits per heavy atom. The molecule has 3 fully saturated rings. The number of hydrogen-bond acceptors (Lipinski definition) is 5. The summed E-state index contributed by atoms with van der Waals surface area (Å²) in [6.45, 7) is 4.29. The van der Waals surface area contributed by atoms with Crippen molar-refractivity contribution < 1.29 is 14.7 Å². The Labute approximate surface area is 170 Å². The lowest BCUT2D eigenvalue weighted by molar-refractivity contribution is -0.134. The van der Waals surface area contributed by atoms with Crippen molar-refractivity contribution in [3.63, 3.8) is 0 Å². The van der Waals surface area contributed by atoms with Crippen molar-refractivity contribution in [3.05, 3.63) is 30.3 Å². The number of carbonyl (C=O) groups excluding carboxylic acids is 1. The van der Waals surface area contributed by atoms with Crippen LogP contribution in [0, 0.1) is 11.3 Å².